The lowest BCUT2D eigenvalue weighted by molar-refractivity contribution is -0.0448. The zero-order valence-electron chi connectivity index (χ0n) is 10.4. The van der Waals surface area contributed by atoms with Gasteiger partial charge in [0.05, 0.1) is 10.6 Å². The second-order valence-corrected chi connectivity index (χ2v) is 5.93. The average Bonchev–Trinajstić information content (AvgIpc) is 2.34. The number of alkyl halides is 3. The van der Waals surface area contributed by atoms with Crippen LogP contribution in [-0.4, -0.2) is 38.2 Å². The monoisotopic (exact) mass is 365 g/mol. The van der Waals surface area contributed by atoms with Crippen molar-refractivity contribution in [3.63, 3.8) is 0 Å². The van der Waals surface area contributed by atoms with E-state index >= 15 is 0 Å². The third-order valence-corrected chi connectivity index (χ3v) is 3.71. The van der Waals surface area contributed by atoms with Crippen molar-refractivity contribution in [1.82, 2.24) is 4.72 Å². The van der Waals surface area contributed by atoms with Crippen LogP contribution in [0.4, 0.5) is 17.6 Å². The van der Waals surface area contributed by atoms with Crippen molar-refractivity contribution >= 4 is 27.6 Å². The fourth-order valence-corrected chi connectivity index (χ4v) is 1.97. The predicted molar refractivity (Wildman–Crippen MR) is 66.8 cm³/mol. The van der Waals surface area contributed by atoms with Gasteiger partial charge in [-0.25, -0.2) is 22.3 Å². The molecule has 0 aliphatic rings. The Morgan fingerprint density at radius 2 is 1.95 bits per heavy atom. The van der Waals surface area contributed by atoms with Crippen molar-refractivity contribution in [3.05, 3.63) is 28.5 Å². The lowest BCUT2D eigenvalue weighted by atomic mass is 10.2. The maximum absolute atomic E-state index is 13.4. The summed E-state index contributed by atoms with van der Waals surface area (Å²) in [5.74, 6) is -3.10. The molecule has 0 saturated heterocycles. The highest BCUT2D eigenvalue weighted by Crippen LogP contribution is 2.26. The molecule has 0 atom stereocenters. The van der Waals surface area contributed by atoms with Gasteiger partial charge in [-0.05, 0) is 12.1 Å². The van der Waals surface area contributed by atoms with Gasteiger partial charge in [0.15, 0.2) is 11.6 Å². The Morgan fingerprint density at radius 1 is 1.36 bits per heavy atom. The summed E-state index contributed by atoms with van der Waals surface area (Å²) in [5.41, 5.74) is -5.96. The van der Waals surface area contributed by atoms with Gasteiger partial charge in [-0.2, -0.15) is 13.2 Å². The van der Waals surface area contributed by atoms with Crippen molar-refractivity contribution in [2.24, 2.45) is 0 Å². The fraction of sp³-hybridized carbons (Fsp3) is 0.300. The van der Waals surface area contributed by atoms with E-state index in [1.54, 1.807) is 0 Å². The number of ether oxygens (including phenoxy) is 1. The second-order valence-electron chi connectivity index (χ2n) is 3.76. The molecule has 22 heavy (non-hydrogen) atoms. The quantitative estimate of drug-likeness (QED) is 0.594. The lowest BCUT2D eigenvalue weighted by Crippen LogP contribution is -2.38. The van der Waals surface area contributed by atoms with E-state index in [1.165, 1.54) is 4.72 Å². The minimum absolute atomic E-state index is 0.393. The van der Waals surface area contributed by atoms with Crippen LogP contribution in [0.5, 0.6) is 5.75 Å². The minimum atomic E-state index is -5.53. The Balaban J connectivity index is 2.71. The molecule has 0 aliphatic carbocycles. The molecule has 1 aromatic carbocycles. The van der Waals surface area contributed by atoms with Crippen LogP contribution in [0, 0.1) is 5.82 Å². The Morgan fingerprint density at radius 3 is 2.45 bits per heavy atom. The van der Waals surface area contributed by atoms with E-state index in [1.807, 2.05) is 0 Å². The molecule has 0 radical (unpaired) electrons. The molecule has 12 heteroatoms. The summed E-state index contributed by atoms with van der Waals surface area (Å²) in [6, 6.07) is 1.39. The summed E-state index contributed by atoms with van der Waals surface area (Å²) in [4.78, 5) is 10.8. The number of halogens is 5. The number of nitrogens with one attached hydrogen (secondary N) is 1. The van der Waals surface area contributed by atoms with Gasteiger partial charge in [0.1, 0.15) is 6.61 Å². The van der Waals surface area contributed by atoms with E-state index in [4.69, 9.17) is 21.4 Å². The first kappa shape index (κ1) is 18.5. The lowest BCUT2D eigenvalue weighted by Gasteiger charge is -2.11. The summed E-state index contributed by atoms with van der Waals surface area (Å²) in [6.07, 6.45) is 0. The van der Waals surface area contributed by atoms with E-state index < -0.39 is 56.8 Å². The van der Waals surface area contributed by atoms with Gasteiger partial charge in [-0.1, -0.05) is 11.6 Å². The number of carbonyl (C=O) groups is 1. The number of carboxylic acid groups (broad SMARTS) is 1. The maximum Gasteiger partial charge on any atom is 0.511 e. The first-order valence-electron chi connectivity index (χ1n) is 5.37. The Labute approximate surface area is 126 Å². The Bertz CT molecular complexity index is 677. The molecule has 0 bridgehead atoms. The molecular weight excluding hydrogens is 358 g/mol. The van der Waals surface area contributed by atoms with Gasteiger partial charge < -0.3 is 9.84 Å². The van der Waals surface area contributed by atoms with E-state index in [0.29, 0.717) is 6.07 Å². The van der Waals surface area contributed by atoms with E-state index in [2.05, 4.69) is 0 Å². The molecule has 0 spiro atoms. The van der Waals surface area contributed by atoms with Crippen LogP contribution in [0.15, 0.2) is 12.1 Å². The van der Waals surface area contributed by atoms with E-state index in [0.717, 1.165) is 6.07 Å². The van der Waals surface area contributed by atoms with Gasteiger partial charge in [-0.3, -0.25) is 0 Å². The molecule has 124 valence electrons. The first-order chi connectivity index (χ1) is 9.95. The second kappa shape index (κ2) is 6.67. The topological polar surface area (TPSA) is 92.7 Å². The number of aromatic carboxylic acids is 1. The third-order valence-electron chi connectivity index (χ3n) is 2.21. The third kappa shape index (κ3) is 4.45. The molecule has 0 aromatic heterocycles. The van der Waals surface area contributed by atoms with E-state index in [-0.39, 0.29) is 0 Å². The summed E-state index contributed by atoms with van der Waals surface area (Å²) < 4.78 is 76.6. The highest BCUT2D eigenvalue weighted by molar-refractivity contribution is 7.90. The Hall–Kier alpha value is -1.59. The van der Waals surface area contributed by atoms with Crippen LogP contribution in [-0.2, 0) is 10.0 Å². The molecule has 0 fully saturated rings. The molecular formula is C10H8ClF4NO5S. The molecule has 0 heterocycles. The molecule has 2 N–H and O–H groups in total. The van der Waals surface area contributed by atoms with Gasteiger partial charge in [0.2, 0.25) is 0 Å². The normalized spacial score (nSPS) is 12.2. The average molecular weight is 366 g/mol. The highest BCUT2D eigenvalue weighted by Gasteiger charge is 2.45. The van der Waals surface area contributed by atoms with E-state index in [9.17, 15) is 30.8 Å². The van der Waals surface area contributed by atoms with Crippen molar-refractivity contribution in [1.29, 1.82) is 0 Å². The van der Waals surface area contributed by atoms with Gasteiger partial charge in [-0.15, -0.1) is 0 Å². The van der Waals surface area contributed by atoms with Crippen molar-refractivity contribution in [2.45, 2.75) is 5.51 Å². The van der Waals surface area contributed by atoms with Crippen LogP contribution in [0.1, 0.15) is 10.4 Å². The summed E-state index contributed by atoms with van der Waals surface area (Å²) in [5, 5.41) is 8.38. The largest absolute Gasteiger partial charge is 0.511 e. The maximum atomic E-state index is 13.4. The standard InChI is InChI=1S/C10H8ClF4NO5S/c11-6-4-7(12)8(3-5(6)9(17)18)21-2-1-16-22(19,20)10(13,14)15/h3-4,16H,1-2H2,(H,17,18). The Kier molecular flexibility index (Phi) is 5.59. The number of rotatable bonds is 6. The summed E-state index contributed by atoms with van der Waals surface area (Å²) in [6.45, 7) is -1.46. The smallest absolute Gasteiger partial charge is 0.489 e. The van der Waals surface area contributed by atoms with Gasteiger partial charge in [0, 0.05) is 6.54 Å². The van der Waals surface area contributed by atoms with Crippen LogP contribution >= 0.6 is 11.6 Å². The number of sulfonamides is 1. The van der Waals surface area contributed by atoms with Crippen LogP contribution in [0.2, 0.25) is 5.02 Å². The van der Waals surface area contributed by atoms with Crippen molar-refractivity contribution in [3.8, 4) is 5.75 Å². The fourth-order valence-electron chi connectivity index (χ4n) is 1.22. The SMILES string of the molecule is O=C(O)c1cc(OCCNS(=O)(=O)C(F)(F)F)c(F)cc1Cl. The van der Waals surface area contributed by atoms with Gasteiger partial charge in [0.25, 0.3) is 0 Å². The number of hydrogen-bond acceptors (Lipinski definition) is 4. The highest BCUT2D eigenvalue weighted by atomic mass is 35.5. The van der Waals surface area contributed by atoms with Gasteiger partial charge >= 0.3 is 21.5 Å². The molecule has 1 aromatic rings. The summed E-state index contributed by atoms with van der Waals surface area (Å²) in [7, 11) is -5.53. The number of benzene rings is 1. The predicted octanol–water partition coefficient (Wildman–Crippen LogP) is 2.00. The van der Waals surface area contributed by atoms with Crippen LogP contribution < -0.4 is 9.46 Å². The van der Waals surface area contributed by atoms with Crippen LogP contribution in [0.25, 0.3) is 0 Å². The molecule has 1 rings (SSSR count). The minimum Gasteiger partial charge on any atom is -0.489 e. The zero-order valence-corrected chi connectivity index (χ0v) is 12.0. The molecule has 0 aliphatic heterocycles. The number of carboxylic acids is 1. The molecule has 0 unspecified atom stereocenters. The number of hydrogen-bond donors (Lipinski definition) is 2. The van der Waals surface area contributed by atoms with Crippen LogP contribution in [0.3, 0.4) is 0 Å². The first-order valence-corrected chi connectivity index (χ1v) is 7.23. The zero-order chi connectivity index (χ0) is 17.1. The summed E-state index contributed by atoms with van der Waals surface area (Å²) >= 11 is 5.47. The molecule has 0 amide bonds. The van der Waals surface area contributed by atoms with Crippen molar-refractivity contribution in [2.75, 3.05) is 13.2 Å². The van der Waals surface area contributed by atoms with Crippen molar-refractivity contribution < 1.29 is 40.6 Å². The molecule has 6 nitrogen and oxygen atoms in total. The molecule has 0 saturated carbocycles.